The fourth-order valence-corrected chi connectivity index (χ4v) is 2.53. The average Bonchev–Trinajstić information content (AvgIpc) is 2.74. The van der Waals surface area contributed by atoms with Crippen LogP contribution >= 0.6 is 12.4 Å². The number of nitro benzene ring substituents is 1. The highest BCUT2D eigenvalue weighted by atomic mass is 35.5. The van der Waals surface area contributed by atoms with Gasteiger partial charge in [0.2, 0.25) is 0 Å². The van der Waals surface area contributed by atoms with E-state index >= 15 is 0 Å². The zero-order chi connectivity index (χ0) is 14.0. The second-order valence-electron chi connectivity index (χ2n) is 5.47. The van der Waals surface area contributed by atoms with Crippen LogP contribution in [0, 0.1) is 21.3 Å². The Labute approximate surface area is 123 Å². The Morgan fingerprint density at radius 2 is 2.25 bits per heavy atom. The molecule has 1 saturated heterocycles. The average molecular weight is 304 g/mol. The molecule has 0 spiro atoms. The third-order valence-electron chi connectivity index (χ3n) is 3.80. The molecule has 0 bridgehead atoms. The SMILES string of the molecule is CC1(CN)CCN(Cc2c(F)cccc2[N+](=O)[O-])C1.Cl. The van der Waals surface area contributed by atoms with Crippen molar-refractivity contribution in [2.24, 2.45) is 11.1 Å². The highest BCUT2D eigenvalue weighted by Gasteiger charge is 2.33. The highest BCUT2D eigenvalue weighted by Crippen LogP contribution is 2.31. The Bertz CT molecular complexity index is 501. The van der Waals surface area contributed by atoms with E-state index in [2.05, 4.69) is 6.92 Å². The number of nitrogens with zero attached hydrogens (tertiary/aromatic N) is 2. The summed E-state index contributed by atoms with van der Waals surface area (Å²) in [5, 5.41) is 10.9. The molecule has 0 amide bonds. The van der Waals surface area contributed by atoms with Gasteiger partial charge in [-0.2, -0.15) is 0 Å². The molecule has 2 rings (SSSR count). The summed E-state index contributed by atoms with van der Waals surface area (Å²) in [6.07, 6.45) is 0.936. The first-order valence-corrected chi connectivity index (χ1v) is 6.29. The summed E-state index contributed by atoms with van der Waals surface area (Å²) < 4.78 is 13.8. The van der Waals surface area contributed by atoms with Crippen LogP contribution in [0.3, 0.4) is 0 Å². The van der Waals surface area contributed by atoms with E-state index in [-0.39, 0.29) is 35.6 Å². The summed E-state index contributed by atoms with van der Waals surface area (Å²) in [6.45, 7) is 4.46. The van der Waals surface area contributed by atoms with Crippen molar-refractivity contribution >= 4 is 18.1 Å². The molecule has 2 N–H and O–H groups in total. The molecule has 5 nitrogen and oxygen atoms in total. The summed E-state index contributed by atoms with van der Waals surface area (Å²) in [6, 6.07) is 3.97. The number of likely N-dealkylation sites (tertiary alicyclic amines) is 1. The van der Waals surface area contributed by atoms with Gasteiger partial charge in [0.1, 0.15) is 5.82 Å². The van der Waals surface area contributed by atoms with Gasteiger partial charge in [0.05, 0.1) is 10.5 Å². The van der Waals surface area contributed by atoms with Gasteiger partial charge in [0, 0.05) is 19.2 Å². The molecule has 1 aromatic carbocycles. The normalized spacial score (nSPS) is 22.6. The third kappa shape index (κ3) is 3.45. The minimum atomic E-state index is -0.531. The monoisotopic (exact) mass is 303 g/mol. The minimum Gasteiger partial charge on any atom is -0.330 e. The van der Waals surface area contributed by atoms with Crippen LogP contribution in [0.25, 0.3) is 0 Å². The van der Waals surface area contributed by atoms with Crippen LogP contribution in [0.15, 0.2) is 18.2 Å². The zero-order valence-electron chi connectivity index (χ0n) is 11.3. The number of nitro groups is 1. The molecule has 1 atom stereocenters. The Hall–Kier alpha value is -1.24. The summed E-state index contributed by atoms with van der Waals surface area (Å²) in [5.74, 6) is -0.518. The molecular weight excluding hydrogens is 285 g/mol. The molecular formula is C13H19ClFN3O2. The van der Waals surface area contributed by atoms with Crippen molar-refractivity contribution in [3.05, 3.63) is 39.7 Å². The molecule has 1 aromatic rings. The van der Waals surface area contributed by atoms with E-state index in [1.54, 1.807) is 0 Å². The topological polar surface area (TPSA) is 72.4 Å². The van der Waals surface area contributed by atoms with Crippen molar-refractivity contribution < 1.29 is 9.31 Å². The third-order valence-corrected chi connectivity index (χ3v) is 3.80. The molecule has 0 saturated carbocycles. The van der Waals surface area contributed by atoms with Gasteiger partial charge in [-0.05, 0) is 31.0 Å². The van der Waals surface area contributed by atoms with Crippen LogP contribution in [-0.2, 0) is 6.54 Å². The van der Waals surface area contributed by atoms with Crippen molar-refractivity contribution in [1.29, 1.82) is 0 Å². The summed E-state index contributed by atoms with van der Waals surface area (Å²) in [4.78, 5) is 12.4. The van der Waals surface area contributed by atoms with Gasteiger partial charge in [-0.15, -0.1) is 12.4 Å². The molecule has 0 aromatic heterocycles. The predicted molar refractivity (Wildman–Crippen MR) is 77.4 cm³/mol. The second-order valence-corrected chi connectivity index (χ2v) is 5.47. The molecule has 0 aliphatic carbocycles. The fraction of sp³-hybridized carbons (Fsp3) is 0.538. The first-order valence-electron chi connectivity index (χ1n) is 6.29. The molecule has 112 valence electrons. The van der Waals surface area contributed by atoms with Crippen LogP contribution in [0.5, 0.6) is 0 Å². The van der Waals surface area contributed by atoms with Gasteiger partial charge in [0.15, 0.2) is 0 Å². The standard InChI is InChI=1S/C13H18FN3O2.ClH/c1-13(8-15)5-6-16(9-13)7-10-11(14)3-2-4-12(10)17(18)19;/h2-4H,5-9,15H2,1H3;1H. The smallest absolute Gasteiger partial charge is 0.276 e. The van der Waals surface area contributed by atoms with E-state index < -0.39 is 10.7 Å². The maximum absolute atomic E-state index is 13.8. The van der Waals surface area contributed by atoms with Gasteiger partial charge in [-0.3, -0.25) is 15.0 Å². The van der Waals surface area contributed by atoms with Crippen molar-refractivity contribution in [2.75, 3.05) is 19.6 Å². The molecule has 1 aliphatic heterocycles. The molecule has 1 unspecified atom stereocenters. The number of nitrogens with two attached hydrogens (primary N) is 1. The summed E-state index contributed by atoms with van der Waals surface area (Å²) in [5.41, 5.74) is 5.76. The lowest BCUT2D eigenvalue weighted by atomic mass is 9.90. The van der Waals surface area contributed by atoms with Crippen LogP contribution in [0.4, 0.5) is 10.1 Å². The van der Waals surface area contributed by atoms with E-state index in [4.69, 9.17) is 5.73 Å². The Kier molecular flexibility index (Phi) is 5.44. The lowest BCUT2D eigenvalue weighted by Gasteiger charge is -2.22. The lowest BCUT2D eigenvalue weighted by Crippen LogP contribution is -2.31. The highest BCUT2D eigenvalue weighted by molar-refractivity contribution is 5.85. The first kappa shape index (κ1) is 16.8. The maximum Gasteiger partial charge on any atom is 0.276 e. The maximum atomic E-state index is 13.8. The Morgan fingerprint density at radius 1 is 1.55 bits per heavy atom. The van der Waals surface area contributed by atoms with Gasteiger partial charge in [-0.25, -0.2) is 4.39 Å². The van der Waals surface area contributed by atoms with Crippen molar-refractivity contribution in [3.63, 3.8) is 0 Å². The van der Waals surface area contributed by atoms with Crippen molar-refractivity contribution in [1.82, 2.24) is 4.90 Å². The van der Waals surface area contributed by atoms with Crippen molar-refractivity contribution in [2.45, 2.75) is 19.9 Å². The largest absolute Gasteiger partial charge is 0.330 e. The van der Waals surface area contributed by atoms with Crippen molar-refractivity contribution in [3.8, 4) is 0 Å². The van der Waals surface area contributed by atoms with Gasteiger partial charge >= 0.3 is 0 Å². The van der Waals surface area contributed by atoms with E-state index in [9.17, 15) is 14.5 Å². The predicted octanol–water partition coefficient (Wildman–Crippen LogP) is 2.33. The number of hydrogen-bond donors (Lipinski definition) is 1. The number of halogens is 2. The first-order chi connectivity index (χ1) is 8.95. The van der Waals surface area contributed by atoms with Crippen LogP contribution in [0.1, 0.15) is 18.9 Å². The number of hydrogen-bond acceptors (Lipinski definition) is 4. The van der Waals surface area contributed by atoms with E-state index in [1.807, 2.05) is 4.90 Å². The van der Waals surface area contributed by atoms with E-state index in [1.165, 1.54) is 18.2 Å². The summed E-state index contributed by atoms with van der Waals surface area (Å²) in [7, 11) is 0. The number of rotatable bonds is 4. The van der Waals surface area contributed by atoms with Crippen LogP contribution in [0.2, 0.25) is 0 Å². The quantitative estimate of drug-likeness (QED) is 0.684. The van der Waals surface area contributed by atoms with E-state index in [0.717, 1.165) is 19.5 Å². The van der Waals surface area contributed by atoms with Crippen LogP contribution < -0.4 is 5.73 Å². The fourth-order valence-electron chi connectivity index (χ4n) is 2.53. The molecule has 1 heterocycles. The van der Waals surface area contributed by atoms with Gasteiger partial charge < -0.3 is 5.73 Å². The van der Waals surface area contributed by atoms with Gasteiger partial charge in [0.25, 0.3) is 5.69 Å². The van der Waals surface area contributed by atoms with E-state index in [0.29, 0.717) is 6.54 Å². The Morgan fingerprint density at radius 3 is 2.80 bits per heavy atom. The summed E-state index contributed by atoms with van der Waals surface area (Å²) >= 11 is 0. The molecule has 0 radical (unpaired) electrons. The van der Waals surface area contributed by atoms with Gasteiger partial charge in [-0.1, -0.05) is 13.0 Å². The minimum absolute atomic E-state index is 0. The molecule has 1 fully saturated rings. The molecule has 20 heavy (non-hydrogen) atoms. The second kappa shape index (κ2) is 6.47. The zero-order valence-corrected chi connectivity index (χ0v) is 12.2. The molecule has 7 heteroatoms. The van der Waals surface area contributed by atoms with Crippen LogP contribution in [-0.4, -0.2) is 29.5 Å². The Balaban J connectivity index is 0.00000200. The molecule has 1 aliphatic rings. The lowest BCUT2D eigenvalue weighted by molar-refractivity contribution is -0.385. The number of benzene rings is 1.